The quantitative estimate of drug-likeness (QED) is 0.705. The Balaban J connectivity index is 1.91. The van der Waals surface area contributed by atoms with Crippen LogP contribution in [0.5, 0.6) is 0 Å². The number of thioether (sulfide) groups is 1. The Morgan fingerprint density at radius 2 is 2.15 bits per heavy atom. The first-order valence-corrected chi connectivity index (χ1v) is 8.43. The molecular formula is C15H12BrClFNS. The summed E-state index contributed by atoms with van der Waals surface area (Å²) in [4.78, 5) is 0.754. The van der Waals surface area contributed by atoms with E-state index in [1.807, 2.05) is 24.3 Å². The first-order valence-electron chi connectivity index (χ1n) is 6.28. The van der Waals surface area contributed by atoms with Crippen molar-refractivity contribution in [1.29, 1.82) is 0 Å². The van der Waals surface area contributed by atoms with E-state index in [9.17, 15) is 4.39 Å². The average molecular weight is 373 g/mol. The van der Waals surface area contributed by atoms with E-state index in [1.54, 1.807) is 17.8 Å². The highest BCUT2D eigenvalue weighted by molar-refractivity contribution is 9.10. The van der Waals surface area contributed by atoms with Crippen molar-refractivity contribution in [2.75, 3.05) is 11.1 Å². The lowest BCUT2D eigenvalue weighted by atomic mass is 10.0. The second kappa shape index (κ2) is 5.96. The summed E-state index contributed by atoms with van der Waals surface area (Å²) in [7, 11) is 0. The molecule has 0 aliphatic carbocycles. The molecule has 0 saturated carbocycles. The summed E-state index contributed by atoms with van der Waals surface area (Å²) >= 11 is 11.2. The predicted molar refractivity (Wildman–Crippen MR) is 87.3 cm³/mol. The first-order chi connectivity index (χ1) is 9.65. The minimum absolute atomic E-state index is 0.0978. The van der Waals surface area contributed by atoms with E-state index in [0.717, 1.165) is 32.8 Å². The Morgan fingerprint density at radius 1 is 1.30 bits per heavy atom. The molecule has 1 aliphatic rings. The van der Waals surface area contributed by atoms with Crippen LogP contribution in [0.15, 0.2) is 45.8 Å². The summed E-state index contributed by atoms with van der Waals surface area (Å²) in [5.74, 6) is 0.764. The van der Waals surface area contributed by atoms with Crippen molar-refractivity contribution in [1.82, 2.24) is 0 Å². The van der Waals surface area contributed by atoms with Crippen LogP contribution in [0.25, 0.3) is 0 Å². The molecule has 1 heterocycles. The summed E-state index contributed by atoms with van der Waals surface area (Å²) < 4.78 is 14.8. The molecule has 3 rings (SSSR count). The average Bonchev–Trinajstić information content (AvgIpc) is 2.43. The van der Waals surface area contributed by atoms with E-state index in [1.165, 1.54) is 6.07 Å². The molecule has 0 spiro atoms. The summed E-state index contributed by atoms with van der Waals surface area (Å²) in [6, 6.07) is 11.1. The third-order valence-corrected chi connectivity index (χ3v) is 5.25. The first kappa shape index (κ1) is 14.2. The van der Waals surface area contributed by atoms with Gasteiger partial charge in [-0.3, -0.25) is 0 Å². The van der Waals surface area contributed by atoms with Crippen molar-refractivity contribution < 1.29 is 4.39 Å². The molecule has 1 N–H and O–H groups in total. The van der Waals surface area contributed by atoms with Gasteiger partial charge in [0.15, 0.2) is 0 Å². The topological polar surface area (TPSA) is 12.0 Å². The largest absolute Gasteiger partial charge is 0.377 e. The van der Waals surface area contributed by atoms with Crippen LogP contribution in [0.4, 0.5) is 10.1 Å². The van der Waals surface area contributed by atoms with Crippen LogP contribution in [-0.4, -0.2) is 5.75 Å². The van der Waals surface area contributed by atoms with Gasteiger partial charge in [0.1, 0.15) is 5.82 Å². The van der Waals surface area contributed by atoms with Gasteiger partial charge in [-0.1, -0.05) is 39.7 Å². The molecule has 2 aromatic rings. The number of rotatable bonds is 2. The minimum atomic E-state index is -0.138. The fourth-order valence-corrected chi connectivity index (χ4v) is 4.20. The highest BCUT2D eigenvalue weighted by atomic mass is 79.9. The zero-order chi connectivity index (χ0) is 14.1. The summed E-state index contributed by atoms with van der Waals surface area (Å²) in [6.07, 6.45) is 0.952. The van der Waals surface area contributed by atoms with E-state index >= 15 is 0 Å². The molecule has 0 saturated heterocycles. The maximum absolute atomic E-state index is 13.8. The van der Waals surface area contributed by atoms with Crippen LogP contribution in [0, 0.1) is 5.82 Å². The molecule has 1 nitrogen and oxygen atoms in total. The molecule has 1 unspecified atom stereocenters. The molecule has 2 aromatic carbocycles. The molecule has 1 aliphatic heterocycles. The number of hydrogen-bond donors (Lipinski definition) is 1. The highest BCUT2D eigenvalue weighted by Gasteiger charge is 2.23. The lowest BCUT2D eigenvalue weighted by Gasteiger charge is -2.27. The molecular weight excluding hydrogens is 361 g/mol. The molecule has 0 fully saturated rings. The standard InChI is InChI=1S/C15H12BrClFNS/c16-9-4-5-14(11(17)8-9)19-13-6-7-20-15-10(13)2-1-3-12(15)18/h1-5,8,13,19H,6-7H2. The summed E-state index contributed by atoms with van der Waals surface area (Å²) in [5.41, 5.74) is 1.89. The molecule has 0 radical (unpaired) electrons. The Kier molecular flexibility index (Phi) is 4.24. The molecule has 0 amide bonds. The Bertz CT molecular complexity index is 650. The van der Waals surface area contributed by atoms with Gasteiger partial charge in [0.05, 0.1) is 16.8 Å². The number of hydrogen-bond acceptors (Lipinski definition) is 2. The zero-order valence-corrected chi connectivity index (χ0v) is 13.7. The van der Waals surface area contributed by atoms with Crippen molar-refractivity contribution in [2.45, 2.75) is 17.4 Å². The van der Waals surface area contributed by atoms with Gasteiger partial charge in [-0.05, 0) is 36.2 Å². The van der Waals surface area contributed by atoms with Gasteiger partial charge in [-0.15, -0.1) is 11.8 Å². The van der Waals surface area contributed by atoms with Gasteiger partial charge in [0, 0.05) is 15.1 Å². The van der Waals surface area contributed by atoms with Crippen LogP contribution >= 0.6 is 39.3 Å². The van der Waals surface area contributed by atoms with Crippen LogP contribution in [-0.2, 0) is 0 Å². The van der Waals surface area contributed by atoms with Gasteiger partial charge in [-0.25, -0.2) is 4.39 Å². The van der Waals surface area contributed by atoms with Crippen molar-refractivity contribution in [3.8, 4) is 0 Å². The summed E-state index contributed by atoms with van der Waals surface area (Å²) in [5, 5.41) is 4.09. The second-order valence-corrected chi connectivity index (χ2v) is 7.04. The Labute approximate surface area is 135 Å². The van der Waals surface area contributed by atoms with Crippen LogP contribution in [0.1, 0.15) is 18.0 Å². The lowest BCUT2D eigenvalue weighted by Crippen LogP contribution is -2.17. The molecule has 5 heteroatoms. The van der Waals surface area contributed by atoms with Gasteiger partial charge >= 0.3 is 0 Å². The third-order valence-electron chi connectivity index (χ3n) is 3.29. The number of nitrogens with one attached hydrogen (secondary N) is 1. The van der Waals surface area contributed by atoms with Crippen molar-refractivity contribution in [3.63, 3.8) is 0 Å². The van der Waals surface area contributed by atoms with E-state index in [2.05, 4.69) is 21.2 Å². The predicted octanol–water partition coefficient (Wildman–Crippen LogP) is 5.89. The fourth-order valence-electron chi connectivity index (χ4n) is 2.33. The monoisotopic (exact) mass is 371 g/mol. The Hall–Kier alpha value is -0.710. The van der Waals surface area contributed by atoms with Crippen LogP contribution in [0.3, 0.4) is 0 Å². The highest BCUT2D eigenvalue weighted by Crippen LogP contribution is 2.40. The van der Waals surface area contributed by atoms with Crippen molar-refractivity contribution in [2.24, 2.45) is 0 Å². The van der Waals surface area contributed by atoms with E-state index in [4.69, 9.17) is 11.6 Å². The minimum Gasteiger partial charge on any atom is -0.377 e. The number of anilines is 1. The van der Waals surface area contributed by atoms with Gasteiger partial charge in [0.2, 0.25) is 0 Å². The third kappa shape index (κ3) is 2.83. The number of fused-ring (bicyclic) bond motifs is 1. The second-order valence-electron chi connectivity index (χ2n) is 4.62. The van der Waals surface area contributed by atoms with Crippen molar-refractivity contribution >= 4 is 45.0 Å². The van der Waals surface area contributed by atoms with E-state index in [0.29, 0.717) is 5.02 Å². The zero-order valence-electron chi connectivity index (χ0n) is 10.5. The van der Waals surface area contributed by atoms with Gasteiger partial charge in [0.25, 0.3) is 0 Å². The molecule has 0 aromatic heterocycles. The number of halogens is 3. The molecule has 1 atom stereocenters. The maximum Gasteiger partial charge on any atom is 0.137 e. The number of benzene rings is 2. The fraction of sp³-hybridized carbons (Fsp3) is 0.200. The smallest absolute Gasteiger partial charge is 0.137 e. The lowest BCUT2D eigenvalue weighted by molar-refractivity contribution is 0.585. The molecule has 20 heavy (non-hydrogen) atoms. The SMILES string of the molecule is Fc1cccc2c1SCCC2Nc1ccc(Br)cc1Cl. The van der Waals surface area contributed by atoms with Crippen molar-refractivity contribution in [3.05, 3.63) is 57.3 Å². The maximum atomic E-state index is 13.8. The Morgan fingerprint density at radius 3 is 2.95 bits per heavy atom. The van der Waals surface area contributed by atoms with E-state index < -0.39 is 0 Å². The normalized spacial score (nSPS) is 17.6. The van der Waals surface area contributed by atoms with Gasteiger partial charge < -0.3 is 5.32 Å². The van der Waals surface area contributed by atoms with Crippen LogP contribution < -0.4 is 5.32 Å². The molecule has 104 valence electrons. The summed E-state index contributed by atoms with van der Waals surface area (Å²) in [6.45, 7) is 0. The van der Waals surface area contributed by atoms with E-state index in [-0.39, 0.29) is 11.9 Å². The van der Waals surface area contributed by atoms with Crippen LogP contribution in [0.2, 0.25) is 5.02 Å². The van der Waals surface area contributed by atoms with Gasteiger partial charge in [-0.2, -0.15) is 0 Å². The molecule has 0 bridgehead atoms.